The summed E-state index contributed by atoms with van der Waals surface area (Å²) in [5, 5.41) is 9.08. The van der Waals surface area contributed by atoms with E-state index in [-0.39, 0.29) is 6.42 Å². The van der Waals surface area contributed by atoms with Gasteiger partial charge in [0.2, 0.25) is 5.91 Å². The van der Waals surface area contributed by atoms with E-state index >= 15 is 0 Å². The van der Waals surface area contributed by atoms with Gasteiger partial charge in [0.05, 0.1) is 12.1 Å². The molecule has 1 heterocycles. The summed E-state index contributed by atoms with van der Waals surface area (Å²) in [7, 11) is 0. The van der Waals surface area contributed by atoms with Crippen molar-refractivity contribution in [1.82, 2.24) is 4.57 Å². The largest absolute Gasteiger partial charge is 0.481 e. The summed E-state index contributed by atoms with van der Waals surface area (Å²) in [6.45, 7) is 3.95. The fourth-order valence-electron chi connectivity index (χ4n) is 3.20. The molecule has 0 saturated carbocycles. The molecule has 0 aliphatic carbocycles. The van der Waals surface area contributed by atoms with Crippen molar-refractivity contribution in [2.45, 2.75) is 26.7 Å². The molecule has 0 spiro atoms. The van der Waals surface area contributed by atoms with Crippen LogP contribution in [0, 0.1) is 13.8 Å². The van der Waals surface area contributed by atoms with Crippen molar-refractivity contribution in [1.29, 1.82) is 0 Å². The highest BCUT2D eigenvalue weighted by Crippen LogP contribution is 2.29. The van der Waals surface area contributed by atoms with Gasteiger partial charge in [0.15, 0.2) is 0 Å². The van der Waals surface area contributed by atoms with Gasteiger partial charge in [-0.1, -0.05) is 29.8 Å². The van der Waals surface area contributed by atoms with Crippen LogP contribution in [0.2, 0.25) is 0 Å². The number of aliphatic carboxylic acids is 1. The number of hydrogen-bond acceptors (Lipinski definition) is 2. The molecule has 1 amide bonds. The van der Waals surface area contributed by atoms with Gasteiger partial charge in [-0.2, -0.15) is 0 Å². The number of nitrogens with two attached hydrogens (primary N) is 1. The second-order valence-electron chi connectivity index (χ2n) is 6.67. The second-order valence-corrected chi connectivity index (χ2v) is 6.67. The summed E-state index contributed by atoms with van der Waals surface area (Å²) in [6.07, 6.45) is 0.466. The zero-order chi connectivity index (χ0) is 19.6. The first kappa shape index (κ1) is 18.5. The quantitative estimate of drug-likeness (QED) is 0.698. The van der Waals surface area contributed by atoms with E-state index in [1.54, 1.807) is 12.1 Å². The first-order valence-electron chi connectivity index (χ1n) is 8.77. The maximum atomic E-state index is 11.5. The standard InChI is InChI=1S/C22H22N2O3/c1-14-3-5-16(6-4-14)20-11-8-18(9-12-21(25)26)24(20)19-10-7-17(22(23)27)13-15(19)2/h3-8,10-11,13H,9,12H2,1-2H3,(H2,23,27)(H,25,26). The normalized spacial score (nSPS) is 10.7. The number of carboxylic acids is 1. The van der Waals surface area contributed by atoms with Gasteiger partial charge in [-0.3, -0.25) is 9.59 Å². The van der Waals surface area contributed by atoms with Gasteiger partial charge in [0.1, 0.15) is 0 Å². The zero-order valence-corrected chi connectivity index (χ0v) is 15.4. The van der Waals surface area contributed by atoms with Crippen LogP contribution in [0.4, 0.5) is 0 Å². The lowest BCUT2D eigenvalue weighted by atomic mass is 10.1. The number of aryl methyl sites for hydroxylation is 3. The van der Waals surface area contributed by atoms with Crippen LogP contribution in [-0.4, -0.2) is 21.6 Å². The Balaban J connectivity index is 2.15. The van der Waals surface area contributed by atoms with Crippen LogP contribution >= 0.6 is 0 Å². The minimum Gasteiger partial charge on any atom is -0.481 e. The van der Waals surface area contributed by atoms with E-state index in [0.717, 1.165) is 28.2 Å². The highest BCUT2D eigenvalue weighted by atomic mass is 16.4. The molecule has 2 aromatic carbocycles. The zero-order valence-electron chi connectivity index (χ0n) is 15.4. The lowest BCUT2D eigenvalue weighted by Crippen LogP contribution is -2.12. The molecular weight excluding hydrogens is 340 g/mol. The molecule has 0 unspecified atom stereocenters. The summed E-state index contributed by atoms with van der Waals surface area (Å²) < 4.78 is 2.06. The number of aromatic nitrogens is 1. The third-order valence-electron chi connectivity index (χ3n) is 4.63. The summed E-state index contributed by atoms with van der Waals surface area (Å²) in [5.41, 5.74) is 11.7. The van der Waals surface area contributed by atoms with Crippen molar-refractivity contribution in [3.63, 3.8) is 0 Å². The number of carbonyl (C=O) groups is 2. The molecular formula is C22H22N2O3. The van der Waals surface area contributed by atoms with E-state index < -0.39 is 11.9 Å². The van der Waals surface area contributed by atoms with Gasteiger partial charge in [-0.25, -0.2) is 0 Å². The Morgan fingerprint density at radius 1 is 1.00 bits per heavy atom. The molecule has 0 saturated heterocycles. The molecule has 138 valence electrons. The third-order valence-corrected chi connectivity index (χ3v) is 4.63. The van der Waals surface area contributed by atoms with E-state index in [1.165, 1.54) is 5.56 Å². The van der Waals surface area contributed by atoms with Crippen molar-refractivity contribution < 1.29 is 14.7 Å². The maximum absolute atomic E-state index is 11.5. The maximum Gasteiger partial charge on any atom is 0.303 e. The van der Waals surface area contributed by atoms with Crippen molar-refractivity contribution in [3.8, 4) is 16.9 Å². The lowest BCUT2D eigenvalue weighted by molar-refractivity contribution is -0.136. The van der Waals surface area contributed by atoms with Gasteiger partial charge in [0.25, 0.3) is 0 Å². The minimum absolute atomic E-state index is 0.0514. The van der Waals surface area contributed by atoms with Crippen LogP contribution in [0.5, 0.6) is 0 Å². The smallest absolute Gasteiger partial charge is 0.303 e. The topological polar surface area (TPSA) is 85.3 Å². The highest BCUT2D eigenvalue weighted by Gasteiger charge is 2.15. The van der Waals surface area contributed by atoms with Gasteiger partial charge in [-0.05, 0) is 61.7 Å². The highest BCUT2D eigenvalue weighted by molar-refractivity contribution is 5.93. The molecule has 3 N–H and O–H groups in total. The number of amides is 1. The molecule has 0 aliphatic heterocycles. The summed E-state index contributed by atoms with van der Waals surface area (Å²) in [6, 6.07) is 17.5. The van der Waals surface area contributed by atoms with E-state index in [1.807, 2.05) is 44.2 Å². The van der Waals surface area contributed by atoms with Crippen LogP contribution in [-0.2, 0) is 11.2 Å². The molecule has 0 aliphatic rings. The van der Waals surface area contributed by atoms with Crippen LogP contribution in [0.3, 0.4) is 0 Å². The van der Waals surface area contributed by atoms with Gasteiger partial charge in [0, 0.05) is 16.9 Å². The van der Waals surface area contributed by atoms with Gasteiger partial charge >= 0.3 is 5.97 Å². The van der Waals surface area contributed by atoms with Crippen LogP contribution in [0.1, 0.15) is 33.6 Å². The van der Waals surface area contributed by atoms with Crippen LogP contribution in [0.25, 0.3) is 16.9 Å². The Kier molecular flexibility index (Phi) is 5.12. The molecule has 27 heavy (non-hydrogen) atoms. The molecule has 0 bridgehead atoms. The van der Waals surface area contributed by atoms with Gasteiger partial charge in [-0.15, -0.1) is 0 Å². The average Bonchev–Trinajstić information content (AvgIpc) is 3.04. The molecule has 5 heteroatoms. The van der Waals surface area contributed by atoms with Crippen molar-refractivity contribution in [3.05, 3.63) is 77.0 Å². The summed E-state index contributed by atoms with van der Waals surface area (Å²) >= 11 is 0. The SMILES string of the molecule is Cc1ccc(-c2ccc(CCC(=O)O)n2-c2ccc(C(N)=O)cc2C)cc1. The Labute approximate surface area is 158 Å². The minimum atomic E-state index is -0.833. The molecule has 0 radical (unpaired) electrons. The molecule has 5 nitrogen and oxygen atoms in total. The first-order chi connectivity index (χ1) is 12.9. The van der Waals surface area contributed by atoms with Crippen molar-refractivity contribution in [2.24, 2.45) is 5.73 Å². The second kappa shape index (κ2) is 7.50. The Hall–Kier alpha value is -3.34. The molecule has 0 fully saturated rings. The molecule has 1 aromatic heterocycles. The number of nitrogens with zero attached hydrogens (tertiary/aromatic N) is 1. The van der Waals surface area contributed by atoms with E-state index in [0.29, 0.717) is 12.0 Å². The van der Waals surface area contributed by atoms with E-state index in [4.69, 9.17) is 10.8 Å². The van der Waals surface area contributed by atoms with Crippen LogP contribution in [0.15, 0.2) is 54.6 Å². The molecule has 3 rings (SSSR count). The molecule has 0 atom stereocenters. The number of carboxylic acid groups (broad SMARTS) is 1. The first-order valence-corrected chi connectivity index (χ1v) is 8.77. The Bertz CT molecular complexity index is 1000. The fourth-order valence-corrected chi connectivity index (χ4v) is 3.20. The van der Waals surface area contributed by atoms with E-state index in [2.05, 4.69) is 16.7 Å². The predicted octanol–water partition coefficient (Wildman–Crippen LogP) is 3.88. The number of primary amides is 1. The summed E-state index contributed by atoms with van der Waals surface area (Å²) in [4.78, 5) is 22.5. The number of hydrogen-bond donors (Lipinski definition) is 2. The van der Waals surface area contributed by atoms with Crippen molar-refractivity contribution >= 4 is 11.9 Å². The lowest BCUT2D eigenvalue weighted by Gasteiger charge is -2.17. The monoisotopic (exact) mass is 362 g/mol. The predicted molar refractivity (Wildman–Crippen MR) is 105 cm³/mol. The third kappa shape index (κ3) is 3.92. The number of carbonyl (C=O) groups excluding carboxylic acids is 1. The van der Waals surface area contributed by atoms with Crippen molar-refractivity contribution in [2.75, 3.05) is 0 Å². The van der Waals surface area contributed by atoms with E-state index in [9.17, 15) is 9.59 Å². The number of rotatable bonds is 6. The van der Waals surface area contributed by atoms with Gasteiger partial charge < -0.3 is 15.4 Å². The summed E-state index contributed by atoms with van der Waals surface area (Å²) in [5.74, 6) is -1.30. The number of benzene rings is 2. The fraction of sp³-hybridized carbons (Fsp3) is 0.182. The average molecular weight is 362 g/mol. The Morgan fingerprint density at radius 3 is 2.30 bits per heavy atom. The molecule has 3 aromatic rings. The Morgan fingerprint density at radius 2 is 1.70 bits per heavy atom. The van der Waals surface area contributed by atoms with Crippen LogP contribution < -0.4 is 5.73 Å².